The molecule has 2 rings (SSSR count). The van der Waals surface area contributed by atoms with Crippen LogP contribution in [0.1, 0.15) is 21.5 Å². The molecule has 102 valence electrons. The maximum absolute atomic E-state index is 12.3. The number of hydrogen-bond donors (Lipinski definition) is 0. The van der Waals surface area contributed by atoms with Gasteiger partial charge in [0.05, 0.1) is 10.5 Å². The Bertz CT molecular complexity index is 683. The van der Waals surface area contributed by atoms with Crippen molar-refractivity contribution < 1.29 is 9.72 Å². The molecule has 0 N–H and O–H groups in total. The Kier molecular flexibility index (Phi) is 4.15. The molecule has 0 spiro atoms. The summed E-state index contributed by atoms with van der Waals surface area (Å²) in [4.78, 5) is 22.7. The fraction of sp³-hybridized carbons (Fsp3) is 0.133. The molecule has 0 fully saturated rings. The van der Waals surface area contributed by atoms with Crippen molar-refractivity contribution >= 4 is 23.1 Å². The lowest BCUT2D eigenvalue weighted by Crippen LogP contribution is -2.07. The Labute approximate surface area is 121 Å². The number of carbonyl (C=O) groups is 1. The van der Waals surface area contributed by atoms with E-state index >= 15 is 0 Å². The van der Waals surface area contributed by atoms with E-state index in [0.717, 1.165) is 5.56 Å². The first kappa shape index (κ1) is 14.2. The van der Waals surface area contributed by atoms with E-state index in [1.165, 1.54) is 12.1 Å². The van der Waals surface area contributed by atoms with Gasteiger partial charge < -0.3 is 0 Å². The maximum Gasteiger partial charge on any atom is 0.280 e. The smallest absolute Gasteiger partial charge is 0.280 e. The molecule has 0 amide bonds. The number of halogens is 1. The summed E-state index contributed by atoms with van der Waals surface area (Å²) in [6, 6.07) is 11.5. The van der Waals surface area contributed by atoms with Crippen molar-refractivity contribution in [3.63, 3.8) is 0 Å². The largest absolute Gasteiger partial charge is 0.294 e. The summed E-state index contributed by atoms with van der Waals surface area (Å²) in [7, 11) is 0. The minimum absolute atomic E-state index is 0.0456. The van der Waals surface area contributed by atoms with Gasteiger partial charge in [0.15, 0.2) is 5.78 Å². The van der Waals surface area contributed by atoms with Crippen LogP contribution in [0, 0.1) is 17.0 Å². The van der Waals surface area contributed by atoms with Gasteiger partial charge in [0.1, 0.15) is 0 Å². The second-order valence-corrected chi connectivity index (χ2v) is 4.88. The van der Waals surface area contributed by atoms with Gasteiger partial charge in [-0.05, 0) is 30.2 Å². The van der Waals surface area contributed by atoms with E-state index in [1.54, 1.807) is 37.3 Å². The SMILES string of the molecule is Cc1ccc([N+](=O)[O-])c(C(=O)Cc2ccccc2Cl)c1. The van der Waals surface area contributed by atoms with Crippen LogP contribution in [0.2, 0.25) is 5.02 Å². The second kappa shape index (κ2) is 5.84. The predicted octanol–water partition coefficient (Wildman–Crippen LogP) is 3.98. The monoisotopic (exact) mass is 289 g/mol. The Balaban J connectivity index is 2.37. The van der Waals surface area contributed by atoms with E-state index in [-0.39, 0.29) is 23.5 Å². The topological polar surface area (TPSA) is 60.2 Å². The van der Waals surface area contributed by atoms with E-state index in [4.69, 9.17) is 11.6 Å². The molecule has 0 saturated heterocycles. The summed E-state index contributed by atoms with van der Waals surface area (Å²) in [5, 5.41) is 11.5. The van der Waals surface area contributed by atoms with Crippen molar-refractivity contribution in [2.24, 2.45) is 0 Å². The third kappa shape index (κ3) is 3.03. The number of Topliss-reactive ketones (excluding diaryl/α,β-unsaturated/α-hetero) is 1. The van der Waals surface area contributed by atoms with Crippen molar-refractivity contribution in [1.29, 1.82) is 0 Å². The molecule has 0 aromatic heterocycles. The number of nitro benzene ring substituents is 1. The lowest BCUT2D eigenvalue weighted by Gasteiger charge is -2.05. The number of rotatable bonds is 4. The molecule has 0 unspecified atom stereocenters. The standard InChI is InChI=1S/C15H12ClNO3/c1-10-6-7-14(17(19)20)12(8-10)15(18)9-11-4-2-3-5-13(11)16/h2-8H,9H2,1H3. The van der Waals surface area contributed by atoms with Gasteiger partial charge in [-0.15, -0.1) is 0 Å². The molecule has 0 aliphatic heterocycles. The van der Waals surface area contributed by atoms with Crippen molar-refractivity contribution in [3.05, 3.63) is 74.3 Å². The number of ketones is 1. The molecule has 20 heavy (non-hydrogen) atoms. The highest BCUT2D eigenvalue weighted by Gasteiger charge is 2.20. The second-order valence-electron chi connectivity index (χ2n) is 4.47. The fourth-order valence-corrected chi connectivity index (χ4v) is 2.14. The number of nitrogens with zero attached hydrogens (tertiary/aromatic N) is 1. The van der Waals surface area contributed by atoms with Crippen LogP contribution in [0.4, 0.5) is 5.69 Å². The van der Waals surface area contributed by atoms with Gasteiger partial charge >= 0.3 is 0 Å². The maximum atomic E-state index is 12.3. The van der Waals surface area contributed by atoms with E-state index in [2.05, 4.69) is 0 Å². The van der Waals surface area contributed by atoms with Crippen LogP contribution in [0.3, 0.4) is 0 Å². The van der Waals surface area contributed by atoms with Crippen LogP contribution in [0.15, 0.2) is 42.5 Å². The molecule has 0 aliphatic rings. The van der Waals surface area contributed by atoms with Gasteiger partial charge in [-0.1, -0.05) is 35.9 Å². The van der Waals surface area contributed by atoms with E-state index in [1.807, 2.05) is 0 Å². The number of benzene rings is 2. The minimum atomic E-state index is -0.542. The molecule has 2 aromatic carbocycles. The Morgan fingerprint density at radius 3 is 2.60 bits per heavy atom. The quantitative estimate of drug-likeness (QED) is 0.486. The molecule has 0 radical (unpaired) electrons. The van der Waals surface area contributed by atoms with Crippen LogP contribution >= 0.6 is 11.6 Å². The molecule has 4 nitrogen and oxygen atoms in total. The molecule has 5 heteroatoms. The number of carbonyl (C=O) groups excluding carboxylic acids is 1. The van der Waals surface area contributed by atoms with Gasteiger partial charge in [0.2, 0.25) is 0 Å². The molecular formula is C15H12ClNO3. The molecule has 0 saturated carbocycles. The molecule has 0 heterocycles. The van der Waals surface area contributed by atoms with Crippen molar-refractivity contribution in [3.8, 4) is 0 Å². The van der Waals surface area contributed by atoms with Crippen molar-refractivity contribution in [1.82, 2.24) is 0 Å². The number of aryl methyl sites for hydroxylation is 1. The van der Waals surface area contributed by atoms with Crippen LogP contribution in [-0.2, 0) is 6.42 Å². The molecular weight excluding hydrogens is 278 g/mol. The van der Waals surface area contributed by atoms with Gasteiger partial charge in [0, 0.05) is 17.5 Å². The van der Waals surface area contributed by atoms with Crippen LogP contribution in [0.25, 0.3) is 0 Å². The van der Waals surface area contributed by atoms with E-state index in [9.17, 15) is 14.9 Å². The molecule has 0 atom stereocenters. The Morgan fingerprint density at radius 2 is 1.95 bits per heavy atom. The molecule has 0 bridgehead atoms. The van der Waals surface area contributed by atoms with E-state index < -0.39 is 4.92 Å². The first-order valence-corrected chi connectivity index (χ1v) is 6.38. The number of nitro groups is 1. The summed E-state index contributed by atoms with van der Waals surface area (Å²) >= 11 is 6.00. The normalized spacial score (nSPS) is 10.3. The Morgan fingerprint density at radius 1 is 1.25 bits per heavy atom. The average molecular weight is 290 g/mol. The van der Waals surface area contributed by atoms with Crippen LogP contribution < -0.4 is 0 Å². The van der Waals surface area contributed by atoms with Crippen LogP contribution in [0.5, 0.6) is 0 Å². The highest BCUT2D eigenvalue weighted by Crippen LogP contribution is 2.23. The fourth-order valence-electron chi connectivity index (χ4n) is 1.94. The lowest BCUT2D eigenvalue weighted by molar-refractivity contribution is -0.385. The third-order valence-corrected chi connectivity index (χ3v) is 3.33. The predicted molar refractivity (Wildman–Crippen MR) is 77.3 cm³/mol. The highest BCUT2D eigenvalue weighted by atomic mass is 35.5. The molecule has 0 aliphatic carbocycles. The first-order chi connectivity index (χ1) is 9.49. The minimum Gasteiger partial charge on any atom is -0.294 e. The summed E-state index contributed by atoms with van der Waals surface area (Å²) in [5.41, 5.74) is 1.41. The lowest BCUT2D eigenvalue weighted by atomic mass is 10.00. The summed E-state index contributed by atoms with van der Waals surface area (Å²) in [6.45, 7) is 1.79. The first-order valence-electron chi connectivity index (χ1n) is 6.00. The zero-order valence-electron chi connectivity index (χ0n) is 10.8. The highest BCUT2D eigenvalue weighted by molar-refractivity contribution is 6.31. The molecule has 2 aromatic rings. The van der Waals surface area contributed by atoms with Gasteiger partial charge in [-0.25, -0.2) is 0 Å². The van der Waals surface area contributed by atoms with Crippen molar-refractivity contribution in [2.45, 2.75) is 13.3 Å². The Hall–Kier alpha value is -2.20. The van der Waals surface area contributed by atoms with Gasteiger partial charge in [0.25, 0.3) is 5.69 Å². The zero-order chi connectivity index (χ0) is 14.7. The van der Waals surface area contributed by atoms with Crippen LogP contribution in [-0.4, -0.2) is 10.7 Å². The van der Waals surface area contributed by atoms with Gasteiger partial charge in [-0.3, -0.25) is 14.9 Å². The third-order valence-electron chi connectivity index (χ3n) is 2.96. The summed E-state index contributed by atoms with van der Waals surface area (Å²) < 4.78 is 0. The summed E-state index contributed by atoms with van der Waals surface area (Å²) in [6.07, 6.45) is 0.0456. The summed E-state index contributed by atoms with van der Waals surface area (Å²) in [5.74, 6) is -0.312. The average Bonchev–Trinajstić information content (AvgIpc) is 2.40. The zero-order valence-corrected chi connectivity index (χ0v) is 11.6. The van der Waals surface area contributed by atoms with Gasteiger partial charge in [-0.2, -0.15) is 0 Å². The van der Waals surface area contributed by atoms with E-state index in [0.29, 0.717) is 10.6 Å². The number of hydrogen-bond acceptors (Lipinski definition) is 3. The van der Waals surface area contributed by atoms with Crippen molar-refractivity contribution in [2.75, 3.05) is 0 Å².